The average Bonchev–Trinajstić information content (AvgIpc) is 3.50. The zero-order valence-corrected chi connectivity index (χ0v) is 25.9. The first-order valence-electron chi connectivity index (χ1n) is 13.9. The maximum absolute atomic E-state index is 15.9. The van der Waals surface area contributed by atoms with E-state index < -0.39 is 104 Å². The summed E-state index contributed by atoms with van der Waals surface area (Å²) in [5.41, 5.74) is -6.74. The molecule has 0 aliphatic carbocycles. The van der Waals surface area contributed by atoms with Gasteiger partial charge >= 0.3 is 12.5 Å². The first-order chi connectivity index (χ1) is 22.2. The number of likely N-dealkylation sites (tertiary alicyclic amines) is 1. The lowest BCUT2D eigenvalue weighted by Crippen LogP contribution is -2.59. The maximum atomic E-state index is 15.9. The highest BCUT2D eigenvalue weighted by atomic mass is 32.2. The van der Waals surface area contributed by atoms with Gasteiger partial charge in [-0.1, -0.05) is 18.2 Å². The smallest absolute Gasteiger partial charge is 0.497 e. The molecule has 2 amide bonds. The lowest BCUT2D eigenvalue weighted by molar-refractivity contribution is -0.275. The lowest BCUT2D eigenvalue weighted by Gasteiger charge is -2.41. The van der Waals surface area contributed by atoms with E-state index in [9.17, 15) is 44.3 Å². The highest BCUT2D eigenvalue weighted by molar-refractivity contribution is 7.93. The van der Waals surface area contributed by atoms with Crippen LogP contribution in [0.1, 0.15) is 23.1 Å². The third-order valence-electron chi connectivity index (χ3n) is 7.99. The molecule has 0 aromatic heterocycles. The standard InChI is InChI=1S/C30H25F8N3O6S/c1-39(2)26(42)23-13-17(31)15-40(23)28(19-6-4-5-7-21(19)32)20-12-16(29(33,34)35)8-10-22(20)41(27(28)43)48(44,45)25-11-9-18(46-3)14-24(25)47-30(36,37)38/h4-12,14,17,23H,13,15H2,1-3H3/t17-,23+,28?/m1/s1. The van der Waals surface area contributed by atoms with Crippen molar-refractivity contribution in [2.24, 2.45) is 0 Å². The molecule has 9 nitrogen and oxygen atoms in total. The largest absolute Gasteiger partial charge is 0.573 e. The average molecular weight is 708 g/mol. The summed E-state index contributed by atoms with van der Waals surface area (Å²) in [4.78, 5) is 28.8. The number of alkyl halides is 7. The van der Waals surface area contributed by atoms with Crippen LogP contribution in [0.3, 0.4) is 0 Å². The summed E-state index contributed by atoms with van der Waals surface area (Å²) in [6.07, 6.45) is -13.1. The summed E-state index contributed by atoms with van der Waals surface area (Å²) in [6.45, 7) is -0.848. The molecular weight excluding hydrogens is 682 g/mol. The van der Waals surface area contributed by atoms with Gasteiger partial charge in [0.1, 0.15) is 22.6 Å². The minimum absolute atomic E-state index is 0.0806. The summed E-state index contributed by atoms with van der Waals surface area (Å²) in [6, 6.07) is 5.95. The molecule has 3 aromatic rings. The Balaban J connectivity index is 1.89. The molecule has 0 saturated carbocycles. The number of carbonyl (C=O) groups excluding carboxylic acids is 2. The molecular formula is C30H25F8N3O6S. The van der Waals surface area contributed by atoms with Gasteiger partial charge < -0.3 is 14.4 Å². The highest BCUT2D eigenvalue weighted by Crippen LogP contribution is 2.55. The summed E-state index contributed by atoms with van der Waals surface area (Å²) in [7, 11) is -1.98. The molecule has 48 heavy (non-hydrogen) atoms. The van der Waals surface area contributed by atoms with E-state index >= 15 is 8.78 Å². The summed E-state index contributed by atoms with van der Waals surface area (Å²) >= 11 is 0. The maximum Gasteiger partial charge on any atom is 0.573 e. The van der Waals surface area contributed by atoms with Gasteiger partial charge in [-0.3, -0.25) is 14.5 Å². The van der Waals surface area contributed by atoms with Crippen LogP contribution in [0.15, 0.2) is 65.6 Å². The number of nitrogens with zero attached hydrogens (tertiary/aromatic N) is 3. The van der Waals surface area contributed by atoms with Crippen LogP contribution in [0.5, 0.6) is 11.5 Å². The number of fused-ring (bicyclic) bond motifs is 1. The van der Waals surface area contributed by atoms with Crippen LogP contribution in [0.4, 0.5) is 40.8 Å². The van der Waals surface area contributed by atoms with Crippen molar-refractivity contribution in [3.63, 3.8) is 0 Å². The molecule has 258 valence electrons. The fourth-order valence-electron chi connectivity index (χ4n) is 6.06. The summed E-state index contributed by atoms with van der Waals surface area (Å²) in [5.74, 6) is -5.45. The van der Waals surface area contributed by atoms with Gasteiger partial charge in [0.2, 0.25) is 5.91 Å². The predicted molar refractivity (Wildman–Crippen MR) is 152 cm³/mol. The van der Waals surface area contributed by atoms with Crippen molar-refractivity contribution in [1.29, 1.82) is 0 Å². The Hall–Kier alpha value is -4.45. The number of carbonyl (C=O) groups is 2. The van der Waals surface area contributed by atoms with E-state index in [0.717, 1.165) is 41.2 Å². The molecule has 0 spiro atoms. The number of hydrogen-bond donors (Lipinski definition) is 0. The van der Waals surface area contributed by atoms with Crippen LogP contribution in [-0.2, 0) is 31.3 Å². The molecule has 0 radical (unpaired) electrons. The molecule has 0 bridgehead atoms. The zero-order valence-electron chi connectivity index (χ0n) is 25.1. The Morgan fingerprint density at radius 3 is 2.23 bits per heavy atom. The Morgan fingerprint density at radius 1 is 0.979 bits per heavy atom. The van der Waals surface area contributed by atoms with E-state index in [1.807, 2.05) is 0 Å². The van der Waals surface area contributed by atoms with Gasteiger partial charge in [0.25, 0.3) is 15.9 Å². The number of halogens is 8. The molecule has 3 aromatic carbocycles. The highest BCUT2D eigenvalue weighted by Gasteiger charge is 2.64. The molecule has 3 atom stereocenters. The quantitative estimate of drug-likeness (QED) is 0.311. The fraction of sp³-hybridized carbons (Fsp3) is 0.333. The normalized spacial score (nSPS) is 21.7. The molecule has 1 saturated heterocycles. The minimum atomic E-state index is -5.58. The minimum Gasteiger partial charge on any atom is -0.497 e. The molecule has 2 aliphatic rings. The monoisotopic (exact) mass is 707 g/mol. The molecule has 2 heterocycles. The van der Waals surface area contributed by atoms with E-state index in [0.29, 0.717) is 30.3 Å². The van der Waals surface area contributed by atoms with Gasteiger partial charge in [0.05, 0.1) is 24.4 Å². The van der Waals surface area contributed by atoms with Crippen molar-refractivity contribution < 1.29 is 62.6 Å². The van der Waals surface area contributed by atoms with E-state index in [4.69, 9.17) is 4.74 Å². The van der Waals surface area contributed by atoms with Crippen molar-refractivity contribution >= 4 is 27.5 Å². The predicted octanol–water partition coefficient (Wildman–Crippen LogP) is 5.23. The molecule has 2 aliphatic heterocycles. The summed E-state index contributed by atoms with van der Waals surface area (Å²) < 4.78 is 151. The lowest BCUT2D eigenvalue weighted by atomic mass is 9.80. The van der Waals surface area contributed by atoms with Crippen LogP contribution in [0, 0.1) is 5.82 Å². The number of amides is 2. The van der Waals surface area contributed by atoms with E-state index in [-0.39, 0.29) is 10.1 Å². The van der Waals surface area contributed by atoms with Crippen molar-refractivity contribution in [1.82, 2.24) is 9.80 Å². The van der Waals surface area contributed by atoms with Gasteiger partial charge in [-0.15, -0.1) is 13.2 Å². The molecule has 18 heteroatoms. The number of benzene rings is 3. The van der Waals surface area contributed by atoms with Gasteiger partial charge in [-0.25, -0.2) is 21.5 Å². The van der Waals surface area contributed by atoms with E-state index in [1.54, 1.807) is 0 Å². The third kappa shape index (κ3) is 5.69. The second-order valence-corrected chi connectivity index (χ2v) is 12.8. The van der Waals surface area contributed by atoms with Crippen LogP contribution < -0.4 is 13.8 Å². The van der Waals surface area contributed by atoms with Crippen molar-refractivity contribution in [2.45, 2.75) is 41.6 Å². The molecule has 0 N–H and O–H groups in total. The number of anilines is 1. The Bertz CT molecular complexity index is 1880. The number of rotatable bonds is 7. The van der Waals surface area contributed by atoms with E-state index in [2.05, 4.69) is 4.74 Å². The zero-order chi connectivity index (χ0) is 35.6. The van der Waals surface area contributed by atoms with Gasteiger partial charge in [-0.2, -0.15) is 13.2 Å². The second-order valence-electron chi connectivity index (χ2n) is 11.1. The fourth-order valence-corrected chi connectivity index (χ4v) is 7.62. The first-order valence-corrected chi connectivity index (χ1v) is 15.3. The number of sulfonamides is 1. The van der Waals surface area contributed by atoms with Crippen molar-refractivity contribution in [2.75, 3.05) is 32.1 Å². The number of likely N-dealkylation sites (N-methyl/N-ethyl adjacent to an activating group) is 1. The number of ether oxygens (including phenoxy) is 2. The molecule has 1 fully saturated rings. The van der Waals surface area contributed by atoms with Gasteiger partial charge in [0, 0.05) is 44.3 Å². The van der Waals surface area contributed by atoms with Crippen molar-refractivity contribution in [3.05, 3.63) is 83.2 Å². The third-order valence-corrected chi connectivity index (χ3v) is 9.73. The Labute approximate surface area is 268 Å². The summed E-state index contributed by atoms with van der Waals surface area (Å²) in [5, 5.41) is 0. The Kier molecular flexibility index (Phi) is 8.65. The van der Waals surface area contributed by atoms with Gasteiger partial charge in [0.15, 0.2) is 11.3 Å². The molecule has 1 unspecified atom stereocenters. The van der Waals surface area contributed by atoms with Gasteiger partial charge in [-0.05, 0) is 36.4 Å². The van der Waals surface area contributed by atoms with Crippen molar-refractivity contribution in [3.8, 4) is 11.5 Å². The Morgan fingerprint density at radius 2 is 1.65 bits per heavy atom. The van der Waals surface area contributed by atoms with Crippen LogP contribution in [-0.4, -0.2) is 76.4 Å². The van der Waals surface area contributed by atoms with Crippen LogP contribution in [0.25, 0.3) is 0 Å². The first kappa shape index (κ1) is 34.9. The second kappa shape index (κ2) is 11.9. The SMILES string of the molecule is COc1ccc(S(=O)(=O)N2C(=O)C(c3ccccc3F)(N3C[C@H](F)C[C@H]3C(=O)N(C)C)c3cc(C(F)(F)F)ccc32)c(OC(F)(F)F)c1. The number of methoxy groups -OCH3 is 1. The topological polar surface area (TPSA) is 96.5 Å². The van der Waals surface area contributed by atoms with E-state index in [1.165, 1.54) is 20.2 Å². The molecule has 5 rings (SSSR count). The van der Waals surface area contributed by atoms with Crippen LogP contribution >= 0.6 is 0 Å². The number of hydrogen-bond acceptors (Lipinski definition) is 7. The van der Waals surface area contributed by atoms with Crippen LogP contribution in [0.2, 0.25) is 0 Å².